The summed E-state index contributed by atoms with van der Waals surface area (Å²) in [5.41, 5.74) is 0. The highest BCUT2D eigenvalue weighted by atomic mass is 16.8. The van der Waals surface area contributed by atoms with Gasteiger partial charge in [0.1, 0.15) is 85.5 Å². The lowest BCUT2D eigenvalue weighted by Gasteiger charge is -2.48. The Morgan fingerprint density at radius 1 is 0.578 bits per heavy atom. The van der Waals surface area contributed by atoms with Crippen molar-refractivity contribution in [3.63, 3.8) is 0 Å². The topological polar surface area (TPSA) is 345 Å². The molecule has 45 heavy (non-hydrogen) atoms. The van der Waals surface area contributed by atoms with Crippen molar-refractivity contribution in [3.05, 3.63) is 0 Å². The molecule has 4 aliphatic rings. The predicted octanol–water partition coefficient (Wildman–Crippen LogP) is -8.63. The molecular weight excluding hydrogens is 624 g/mol. The van der Waals surface area contributed by atoms with Gasteiger partial charge in [0.05, 0.1) is 19.3 Å². The fraction of sp³-hybridized carbons (Fsp3) is 0.958. The summed E-state index contributed by atoms with van der Waals surface area (Å²) in [7, 11) is 0. The number of aliphatic hydroxyl groups excluding tert-OH is 12. The number of aliphatic carboxylic acids is 1. The van der Waals surface area contributed by atoms with Gasteiger partial charge in [0, 0.05) is 0 Å². The van der Waals surface area contributed by atoms with E-state index < -0.39 is 142 Å². The van der Waals surface area contributed by atoms with Gasteiger partial charge in [-0.1, -0.05) is 0 Å². The maximum Gasteiger partial charge on any atom is 0.335 e. The zero-order valence-electron chi connectivity index (χ0n) is 23.5. The molecule has 13 N–H and O–H groups in total. The van der Waals surface area contributed by atoms with E-state index in [4.69, 9.17) is 33.2 Å². The second-order valence-corrected chi connectivity index (χ2v) is 11.2. The number of ether oxygens (including phenoxy) is 7. The minimum Gasteiger partial charge on any atom is -0.479 e. The quantitative estimate of drug-likeness (QED) is 0.109. The normalized spacial score (nSPS) is 52.8. The molecule has 4 saturated heterocycles. The van der Waals surface area contributed by atoms with Gasteiger partial charge in [0.15, 0.2) is 31.3 Å². The largest absolute Gasteiger partial charge is 0.479 e. The van der Waals surface area contributed by atoms with Crippen LogP contribution < -0.4 is 0 Å². The van der Waals surface area contributed by atoms with Crippen LogP contribution in [0.2, 0.25) is 0 Å². The summed E-state index contributed by atoms with van der Waals surface area (Å²) in [5, 5.41) is 132. The lowest BCUT2D eigenvalue weighted by molar-refractivity contribution is -0.387. The Balaban J connectivity index is 1.48. The maximum absolute atomic E-state index is 11.3. The van der Waals surface area contributed by atoms with E-state index in [9.17, 15) is 71.2 Å². The lowest BCUT2D eigenvalue weighted by atomic mass is 9.96. The fourth-order valence-electron chi connectivity index (χ4n) is 5.34. The number of hydrogen-bond acceptors (Lipinski definition) is 20. The van der Waals surface area contributed by atoms with Gasteiger partial charge in [0.2, 0.25) is 0 Å². The van der Waals surface area contributed by atoms with E-state index in [1.165, 1.54) is 6.92 Å². The van der Waals surface area contributed by atoms with Gasteiger partial charge in [-0.2, -0.15) is 0 Å². The first-order valence-corrected chi connectivity index (χ1v) is 14.0. The van der Waals surface area contributed by atoms with Crippen LogP contribution in [0.4, 0.5) is 0 Å². The van der Waals surface area contributed by atoms with Gasteiger partial charge in [-0.25, -0.2) is 4.79 Å². The summed E-state index contributed by atoms with van der Waals surface area (Å²) in [5.74, 6) is -1.69. The van der Waals surface area contributed by atoms with E-state index >= 15 is 0 Å². The molecule has 20 atom stereocenters. The van der Waals surface area contributed by atoms with Gasteiger partial charge in [-0.15, -0.1) is 0 Å². The number of aliphatic hydroxyl groups is 12. The molecule has 262 valence electrons. The van der Waals surface area contributed by atoms with Gasteiger partial charge in [-0.3, -0.25) is 0 Å². The Kier molecular flexibility index (Phi) is 12.1. The third-order valence-electron chi connectivity index (χ3n) is 8.11. The molecule has 0 spiro atoms. The first-order chi connectivity index (χ1) is 21.1. The summed E-state index contributed by atoms with van der Waals surface area (Å²) >= 11 is 0. The molecule has 21 heteroatoms. The zero-order valence-corrected chi connectivity index (χ0v) is 23.5. The average molecular weight is 665 g/mol. The summed E-state index contributed by atoms with van der Waals surface area (Å²) < 4.78 is 37.5. The Hall–Kier alpha value is -1.29. The van der Waals surface area contributed by atoms with E-state index in [0.29, 0.717) is 0 Å². The predicted molar refractivity (Wildman–Crippen MR) is 133 cm³/mol. The third kappa shape index (κ3) is 7.41. The van der Waals surface area contributed by atoms with Gasteiger partial charge in [-0.05, 0) is 6.92 Å². The second kappa shape index (κ2) is 14.9. The molecule has 4 fully saturated rings. The first-order valence-electron chi connectivity index (χ1n) is 14.0. The van der Waals surface area contributed by atoms with Crippen molar-refractivity contribution in [2.75, 3.05) is 13.2 Å². The molecule has 0 aromatic rings. The van der Waals surface area contributed by atoms with Crippen molar-refractivity contribution in [2.24, 2.45) is 0 Å². The number of rotatable bonds is 9. The van der Waals surface area contributed by atoms with Crippen LogP contribution >= 0.6 is 0 Å². The number of carboxylic acid groups (broad SMARTS) is 1. The monoisotopic (exact) mass is 664 g/mol. The van der Waals surface area contributed by atoms with Crippen molar-refractivity contribution in [1.29, 1.82) is 0 Å². The van der Waals surface area contributed by atoms with Gasteiger partial charge in [0.25, 0.3) is 0 Å². The molecule has 4 rings (SSSR count). The van der Waals surface area contributed by atoms with Crippen molar-refractivity contribution < 1.29 is 104 Å². The fourth-order valence-corrected chi connectivity index (χ4v) is 5.34. The van der Waals surface area contributed by atoms with E-state index in [2.05, 4.69) is 0 Å². The van der Waals surface area contributed by atoms with E-state index in [1.807, 2.05) is 0 Å². The molecule has 0 amide bonds. The van der Waals surface area contributed by atoms with Crippen molar-refractivity contribution in [3.8, 4) is 0 Å². The Bertz CT molecular complexity index is 973. The molecule has 0 radical (unpaired) electrons. The highest BCUT2D eigenvalue weighted by Crippen LogP contribution is 2.33. The van der Waals surface area contributed by atoms with E-state index in [-0.39, 0.29) is 0 Å². The molecule has 0 bridgehead atoms. The molecule has 0 aromatic heterocycles. The molecular formula is C24H40O21. The zero-order chi connectivity index (χ0) is 33.5. The Morgan fingerprint density at radius 3 is 1.62 bits per heavy atom. The highest BCUT2D eigenvalue weighted by Gasteiger charge is 2.54. The summed E-state index contributed by atoms with van der Waals surface area (Å²) in [6.45, 7) is -0.263. The molecule has 4 aliphatic heterocycles. The summed E-state index contributed by atoms with van der Waals surface area (Å²) in [6, 6.07) is 0. The van der Waals surface area contributed by atoms with Crippen LogP contribution in [0.3, 0.4) is 0 Å². The molecule has 4 heterocycles. The minimum absolute atomic E-state index is 0.796. The highest BCUT2D eigenvalue weighted by molar-refractivity contribution is 5.73. The second-order valence-electron chi connectivity index (χ2n) is 11.2. The maximum atomic E-state index is 11.3. The minimum atomic E-state index is -2.03. The van der Waals surface area contributed by atoms with Crippen LogP contribution in [-0.2, 0) is 38.0 Å². The standard InChI is InChI=1S/C24H40O21/c1-4-7(26)17(43-23-15(34)10(29)8(27)5(2-25)41-23)19(21(38)40-4)45-24-16(35)11(30)9(28)6(42-24)3-39-22-14(33)12(31)13(32)18(44-22)20(36)37/h4-19,21-35,38H,2-3H2,1H3,(H,36,37)/t4-,5+,6+,7-,8+,9+,10-,11-,12-,13-,14+,15+,16+,17+,18-,19+,21+,22+,23-,24+/m0/s1. The summed E-state index contributed by atoms with van der Waals surface area (Å²) in [4.78, 5) is 11.3. The van der Waals surface area contributed by atoms with Crippen molar-refractivity contribution >= 4 is 5.97 Å². The van der Waals surface area contributed by atoms with E-state index in [0.717, 1.165) is 0 Å². The van der Waals surface area contributed by atoms with Crippen LogP contribution in [0.1, 0.15) is 6.92 Å². The van der Waals surface area contributed by atoms with Gasteiger partial charge >= 0.3 is 5.97 Å². The number of carboxylic acids is 1. The third-order valence-corrected chi connectivity index (χ3v) is 8.11. The van der Waals surface area contributed by atoms with Crippen LogP contribution in [0.25, 0.3) is 0 Å². The number of carbonyl (C=O) groups is 1. The molecule has 0 aliphatic carbocycles. The van der Waals surface area contributed by atoms with Crippen molar-refractivity contribution in [2.45, 2.75) is 130 Å². The van der Waals surface area contributed by atoms with Crippen molar-refractivity contribution in [1.82, 2.24) is 0 Å². The van der Waals surface area contributed by atoms with Gasteiger partial charge < -0.3 is 99.5 Å². The summed E-state index contributed by atoms with van der Waals surface area (Å²) in [6.07, 6.45) is -36.3. The SMILES string of the molecule is C[C@@H]1O[C@@H](O)[C@H](O[C@H]2O[C@H](CO[C@@H]3O[C@H](C(=O)O)[C@@H](O)[C@H](O)[C@H]3O)[C@@H](O)[C@H](O)[C@H]2O)[C@H](O[C@@H]2O[C@H](CO)[C@@H](O)[C@H](O)[C@H]2O)[C@H]1O. The smallest absolute Gasteiger partial charge is 0.335 e. The first kappa shape index (κ1) is 36.5. The van der Waals surface area contributed by atoms with Crippen LogP contribution in [-0.4, -0.2) is 208 Å². The molecule has 0 saturated carbocycles. The molecule has 21 nitrogen and oxygen atoms in total. The molecule has 0 aromatic carbocycles. The van der Waals surface area contributed by atoms with Crippen LogP contribution in [0.5, 0.6) is 0 Å². The average Bonchev–Trinajstić information content (AvgIpc) is 3.00. The van der Waals surface area contributed by atoms with Crippen LogP contribution in [0, 0.1) is 0 Å². The van der Waals surface area contributed by atoms with Crippen LogP contribution in [0.15, 0.2) is 0 Å². The lowest BCUT2D eigenvalue weighted by Crippen LogP contribution is -2.66. The number of hydrogen-bond donors (Lipinski definition) is 13. The Morgan fingerprint density at radius 2 is 1.07 bits per heavy atom. The van der Waals surface area contributed by atoms with E-state index in [1.54, 1.807) is 0 Å². The Labute approximate surface area is 253 Å². The molecule has 0 unspecified atom stereocenters.